The molecule has 20 heavy (non-hydrogen) atoms. The fraction of sp³-hybridized carbons (Fsp3) is 0.250. The zero-order chi connectivity index (χ0) is 14.9. The van der Waals surface area contributed by atoms with Crippen molar-refractivity contribution in [3.8, 4) is 17.0 Å². The number of carboxylic acid groups (broad SMARTS) is 1. The lowest BCUT2D eigenvalue weighted by atomic mass is 9.85. The Balaban J connectivity index is 2.63. The van der Waals surface area contributed by atoms with E-state index in [1.54, 1.807) is 30.5 Å². The zero-order valence-electron chi connectivity index (χ0n) is 11.7. The number of aromatic carboxylic acids is 1. The molecule has 0 aliphatic heterocycles. The van der Waals surface area contributed by atoms with Gasteiger partial charge in [0.2, 0.25) is 0 Å². The molecule has 0 saturated carbocycles. The molecule has 4 heteroatoms. The van der Waals surface area contributed by atoms with Crippen LogP contribution in [0.1, 0.15) is 36.7 Å². The van der Waals surface area contributed by atoms with E-state index in [0.717, 1.165) is 5.56 Å². The number of rotatable bonds is 2. The second-order valence-electron chi connectivity index (χ2n) is 5.69. The topological polar surface area (TPSA) is 70.4 Å². The third kappa shape index (κ3) is 2.64. The molecule has 0 spiro atoms. The first-order valence-corrected chi connectivity index (χ1v) is 6.33. The number of aromatic nitrogens is 1. The highest BCUT2D eigenvalue weighted by Crippen LogP contribution is 2.34. The van der Waals surface area contributed by atoms with Crippen LogP contribution < -0.4 is 0 Å². The number of carbonyl (C=O) groups is 1. The molecular formula is C16H17NO3. The molecule has 0 aliphatic carbocycles. The van der Waals surface area contributed by atoms with Crippen LogP contribution in [0.25, 0.3) is 11.3 Å². The summed E-state index contributed by atoms with van der Waals surface area (Å²) in [5, 5.41) is 19.2. The lowest BCUT2D eigenvalue weighted by Gasteiger charge is -2.21. The van der Waals surface area contributed by atoms with Crippen molar-refractivity contribution in [2.45, 2.75) is 26.2 Å². The molecule has 1 aromatic heterocycles. The van der Waals surface area contributed by atoms with E-state index in [4.69, 9.17) is 0 Å². The predicted molar refractivity (Wildman–Crippen MR) is 77.0 cm³/mol. The molecule has 4 nitrogen and oxygen atoms in total. The zero-order valence-corrected chi connectivity index (χ0v) is 11.7. The van der Waals surface area contributed by atoms with Gasteiger partial charge in [-0.2, -0.15) is 0 Å². The summed E-state index contributed by atoms with van der Waals surface area (Å²) in [4.78, 5) is 15.4. The van der Waals surface area contributed by atoms with Crippen LogP contribution in [-0.4, -0.2) is 21.2 Å². The average molecular weight is 271 g/mol. The van der Waals surface area contributed by atoms with Gasteiger partial charge in [-0.25, -0.2) is 4.79 Å². The van der Waals surface area contributed by atoms with E-state index in [2.05, 4.69) is 4.98 Å². The third-order valence-corrected chi connectivity index (χ3v) is 3.12. The Morgan fingerprint density at radius 3 is 2.50 bits per heavy atom. The SMILES string of the molecule is CC(C)(C)c1cc(-c2ncccc2C(=O)O)ccc1O. The van der Waals surface area contributed by atoms with E-state index in [1.165, 1.54) is 6.07 Å². The largest absolute Gasteiger partial charge is 0.508 e. The summed E-state index contributed by atoms with van der Waals surface area (Å²) < 4.78 is 0. The average Bonchev–Trinajstić information content (AvgIpc) is 2.38. The molecule has 0 saturated heterocycles. The van der Waals surface area contributed by atoms with E-state index in [-0.39, 0.29) is 16.7 Å². The van der Waals surface area contributed by atoms with Crippen LogP contribution in [0.15, 0.2) is 36.5 Å². The molecule has 104 valence electrons. The highest BCUT2D eigenvalue weighted by molar-refractivity contribution is 5.94. The lowest BCUT2D eigenvalue weighted by Crippen LogP contribution is -2.11. The van der Waals surface area contributed by atoms with Crippen LogP contribution in [0.4, 0.5) is 0 Å². The molecule has 0 radical (unpaired) electrons. The molecule has 0 fully saturated rings. The van der Waals surface area contributed by atoms with Gasteiger partial charge in [-0.3, -0.25) is 4.98 Å². The van der Waals surface area contributed by atoms with Crippen LogP contribution in [0.3, 0.4) is 0 Å². The summed E-state index contributed by atoms with van der Waals surface area (Å²) in [6.07, 6.45) is 1.56. The number of phenolic OH excluding ortho intramolecular Hbond substituents is 1. The van der Waals surface area contributed by atoms with Crippen LogP contribution in [0, 0.1) is 0 Å². The lowest BCUT2D eigenvalue weighted by molar-refractivity contribution is 0.0697. The minimum Gasteiger partial charge on any atom is -0.508 e. The molecule has 0 aliphatic rings. The van der Waals surface area contributed by atoms with Crippen LogP contribution in [0.2, 0.25) is 0 Å². The maximum atomic E-state index is 11.3. The van der Waals surface area contributed by atoms with Gasteiger partial charge < -0.3 is 10.2 Å². The van der Waals surface area contributed by atoms with E-state index < -0.39 is 5.97 Å². The molecule has 2 N–H and O–H groups in total. The summed E-state index contributed by atoms with van der Waals surface area (Å²) in [7, 11) is 0. The predicted octanol–water partition coefficient (Wildman–Crippen LogP) is 3.45. The summed E-state index contributed by atoms with van der Waals surface area (Å²) in [6.45, 7) is 5.97. The van der Waals surface area contributed by atoms with Crippen molar-refractivity contribution in [1.82, 2.24) is 4.98 Å². The highest BCUT2D eigenvalue weighted by atomic mass is 16.4. The van der Waals surface area contributed by atoms with Gasteiger partial charge in [-0.05, 0) is 41.3 Å². The number of phenols is 1. The number of benzene rings is 1. The molecule has 2 aromatic rings. The van der Waals surface area contributed by atoms with Crippen molar-refractivity contribution in [2.75, 3.05) is 0 Å². The van der Waals surface area contributed by atoms with Gasteiger partial charge in [0.05, 0.1) is 11.3 Å². The standard InChI is InChI=1S/C16H17NO3/c1-16(2,3)12-9-10(6-7-13(12)18)14-11(15(19)20)5-4-8-17-14/h4-9,18H,1-3H3,(H,19,20). The maximum absolute atomic E-state index is 11.3. The molecule has 0 unspecified atom stereocenters. The van der Waals surface area contributed by atoms with E-state index in [9.17, 15) is 15.0 Å². The number of hydrogen-bond donors (Lipinski definition) is 2. The van der Waals surface area contributed by atoms with Crippen molar-refractivity contribution in [2.24, 2.45) is 0 Å². The number of carboxylic acids is 1. The van der Waals surface area contributed by atoms with Gasteiger partial charge in [0, 0.05) is 11.8 Å². The van der Waals surface area contributed by atoms with Gasteiger partial charge in [-0.15, -0.1) is 0 Å². The first-order chi connectivity index (χ1) is 9.30. The van der Waals surface area contributed by atoms with E-state index >= 15 is 0 Å². The van der Waals surface area contributed by atoms with Gasteiger partial charge >= 0.3 is 5.97 Å². The maximum Gasteiger partial charge on any atom is 0.337 e. The van der Waals surface area contributed by atoms with Crippen molar-refractivity contribution in [1.29, 1.82) is 0 Å². The Morgan fingerprint density at radius 2 is 1.90 bits per heavy atom. The molecule has 0 amide bonds. The molecule has 2 rings (SSSR count). The molecule has 0 atom stereocenters. The van der Waals surface area contributed by atoms with Crippen LogP contribution >= 0.6 is 0 Å². The van der Waals surface area contributed by atoms with Gasteiger partial charge in [-0.1, -0.05) is 20.8 Å². The molecular weight excluding hydrogens is 254 g/mol. The number of aromatic hydroxyl groups is 1. The van der Waals surface area contributed by atoms with E-state index in [1.807, 2.05) is 20.8 Å². The monoisotopic (exact) mass is 271 g/mol. The van der Waals surface area contributed by atoms with E-state index in [0.29, 0.717) is 11.3 Å². The molecule has 0 bridgehead atoms. The Morgan fingerprint density at radius 1 is 1.20 bits per heavy atom. The van der Waals surface area contributed by atoms with Crippen molar-refractivity contribution < 1.29 is 15.0 Å². The summed E-state index contributed by atoms with van der Waals surface area (Å²) in [5.74, 6) is -0.812. The van der Waals surface area contributed by atoms with Gasteiger partial charge in [0.15, 0.2) is 0 Å². The van der Waals surface area contributed by atoms with Gasteiger partial charge in [0.25, 0.3) is 0 Å². The Bertz CT molecular complexity index is 657. The van der Waals surface area contributed by atoms with Crippen molar-refractivity contribution in [3.05, 3.63) is 47.7 Å². The molecule has 1 aromatic carbocycles. The fourth-order valence-electron chi connectivity index (χ4n) is 2.09. The summed E-state index contributed by atoms with van der Waals surface area (Å²) >= 11 is 0. The summed E-state index contributed by atoms with van der Waals surface area (Å²) in [5.41, 5.74) is 1.77. The highest BCUT2D eigenvalue weighted by Gasteiger charge is 2.20. The minimum absolute atomic E-state index is 0.151. The van der Waals surface area contributed by atoms with Crippen molar-refractivity contribution >= 4 is 5.97 Å². The molecule has 1 heterocycles. The third-order valence-electron chi connectivity index (χ3n) is 3.12. The van der Waals surface area contributed by atoms with Crippen molar-refractivity contribution in [3.63, 3.8) is 0 Å². The second kappa shape index (κ2) is 4.96. The minimum atomic E-state index is -1.02. The van der Waals surface area contributed by atoms with Crippen LogP contribution in [-0.2, 0) is 5.41 Å². The van der Waals surface area contributed by atoms with Gasteiger partial charge in [0.1, 0.15) is 5.75 Å². The number of pyridine rings is 1. The first kappa shape index (κ1) is 14.1. The first-order valence-electron chi connectivity index (χ1n) is 6.33. The fourth-order valence-corrected chi connectivity index (χ4v) is 2.09. The number of nitrogens with zero attached hydrogens (tertiary/aromatic N) is 1. The van der Waals surface area contributed by atoms with Crippen LogP contribution in [0.5, 0.6) is 5.75 Å². The smallest absolute Gasteiger partial charge is 0.337 e. The Hall–Kier alpha value is -2.36. The quantitative estimate of drug-likeness (QED) is 0.877. The number of hydrogen-bond acceptors (Lipinski definition) is 3. The Kier molecular flexibility index (Phi) is 3.49. The summed E-state index contributed by atoms with van der Waals surface area (Å²) in [6, 6.07) is 8.17. The Labute approximate surface area is 117 Å². The normalized spacial score (nSPS) is 11.3. The second-order valence-corrected chi connectivity index (χ2v) is 5.69.